The Morgan fingerprint density at radius 2 is 1.85 bits per heavy atom. The van der Waals surface area contributed by atoms with Gasteiger partial charge in [0.1, 0.15) is 5.84 Å². The Morgan fingerprint density at radius 3 is 2.30 bits per heavy atom. The second kappa shape index (κ2) is 7.32. The van der Waals surface area contributed by atoms with E-state index in [4.69, 9.17) is 11.1 Å². The van der Waals surface area contributed by atoms with Crippen LogP contribution in [0.15, 0.2) is 18.2 Å². The number of aryl methyl sites for hydroxylation is 1. The fraction of sp³-hybridized carbons (Fsp3) is 0.588. The zero-order chi connectivity index (χ0) is 15.3. The van der Waals surface area contributed by atoms with Gasteiger partial charge in [0, 0.05) is 23.8 Å². The summed E-state index contributed by atoms with van der Waals surface area (Å²) in [6.07, 6.45) is 2.21. The van der Waals surface area contributed by atoms with Gasteiger partial charge in [-0.3, -0.25) is 5.41 Å². The van der Waals surface area contributed by atoms with E-state index < -0.39 is 0 Å². The number of nitrogens with zero attached hydrogens (tertiary/aromatic N) is 1. The zero-order valence-electron chi connectivity index (χ0n) is 13.5. The number of benzene rings is 1. The van der Waals surface area contributed by atoms with Gasteiger partial charge in [-0.2, -0.15) is 0 Å². The fourth-order valence-electron chi connectivity index (χ4n) is 2.67. The minimum absolute atomic E-state index is 0.153. The molecule has 0 radical (unpaired) electrons. The molecule has 1 rings (SSSR count). The maximum atomic E-state index is 7.83. The molecule has 0 atom stereocenters. The smallest absolute Gasteiger partial charge is 0.124 e. The molecule has 0 bridgehead atoms. The number of nitrogens with two attached hydrogens (primary N) is 1. The second-order valence-corrected chi connectivity index (χ2v) is 5.95. The Bertz CT molecular complexity index is 448. The maximum Gasteiger partial charge on any atom is 0.124 e. The summed E-state index contributed by atoms with van der Waals surface area (Å²) in [4.78, 5) is 2.44. The van der Waals surface area contributed by atoms with Gasteiger partial charge < -0.3 is 10.6 Å². The van der Waals surface area contributed by atoms with Crippen molar-refractivity contribution in [2.75, 3.05) is 11.4 Å². The highest BCUT2D eigenvalue weighted by atomic mass is 15.2. The van der Waals surface area contributed by atoms with E-state index in [1.807, 2.05) is 12.1 Å². The molecule has 0 saturated heterocycles. The van der Waals surface area contributed by atoms with Gasteiger partial charge in [-0.15, -0.1) is 0 Å². The molecule has 0 saturated carbocycles. The van der Waals surface area contributed by atoms with Crippen LogP contribution in [0, 0.1) is 18.3 Å². The summed E-state index contributed by atoms with van der Waals surface area (Å²) in [6.45, 7) is 12.0. The lowest BCUT2D eigenvalue weighted by Crippen LogP contribution is -2.38. The minimum atomic E-state index is 0.153. The van der Waals surface area contributed by atoms with E-state index in [9.17, 15) is 0 Å². The van der Waals surface area contributed by atoms with E-state index in [1.54, 1.807) is 0 Å². The zero-order valence-corrected chi connectivity index (χ0v) is 13.5. The van der Waals surface area contributed by atoms with Crippen LogP contribution in [-0.2, 0) is 0 Å². The van der Waals surface area contributed by atoms with Crippen LogP contribution < -0.4 is 10.6 Å². The van der Waals surface area contributed by atoms with E-state index in [0.29, 0.717) is 12.0 Å². The van der Waals surface area contributed by atoms with Crippen LogP contribution in [0.3, 0.4) is 0 Å². The van der Waals surface area contributed by atoms with Gasteiger partial charge in [-0.25, -0.2) is 0 Å². The van der Waals surface area contributed by atoms with Crippen LogP contribution >= 0.6 is 0 Å². The standard InChI is InChI=1S/C17H29N3/c1-6-14(7-2)20(11-12(3)4)16-10-13(5)8-9-15(16)17(18)19/h8-10,12,14H,6-7,11H2,1-5H3,(H3,18,19). The third-order valence-corrected chi connectivity index (χ3v) is 3.70. The van der Waals surface area contributed by atoms with Gasteiger partial charge in [0.25, 0.3) is 0 Å². The fourth-order valence-corrected chi connectivity index (χ4v) is 2.67. The third-order valence-electron chi connectivity index (χ3n) is 3.70. The largest absolute Gasteiger partial charge is 0.384 e. The summed E-state index contributed by atoms with van der Waals surface area (Å²) in [5, 5.41) is 7.83. The Labute approximate surface area is 123 Å². The number of rotatable bonds is 7. The number of hydrogen-bond donors (Lipinski definition) is 2. The van der Waals surface area contributed by atoms with Crippen molar-refractivity contribution in [3.05, 3.63) is 29.3 Å². The molecule has 0 amide bonds. The Kier molecular flexibility index (Phi) is 6.05. The van der Waals surface area contributed by atoms with Gasteiger partial charge in [-0.05, 0) is 43.4 Å². The molecule has 112 valence electrons. The summed E-state index contributed by atoms with van der Waals surface area (Å²) in [5.41, 5.74) is 8.95. The van der Waals surface area contributed by atoms with E-state index in [1.165, 1.54) is 5.56 Å². The first-order chi connectivity index (χ1) is 9.40. The van der Waals surface area contributed by atoms with Crippen molar-refractivity contribution in [3.8, 4) is 0 Å². The SMILES string of the molecule is CCC(CC)N(CC(C)C)c1cc(C)ccc1C(=N)N. The topological polar surface area (TPSA) is 53.1 Å². The Balaban J connectivity index is 3.31. The Hall–Kier alpha value is -1.51. The number of amidine groups is 1. The van der Waals surface area contributed by atoms with Crippen molar-refractivity contribution >= 4 is 11.5 Å². The number of anilines is 1. The predicted octanol–water partition coefficient (Wildman–Crippen LogP) is 3.93. The van der Waals surface area contributed by atoms with Crippen LogP contribution in [0.5, 0.6) is 0 Å². The summed E-state index contributed by atoms with van der Waals surface area (Å²) in [7, 11) is 0. The molecule has 3 heteroatoms. The first-order valence-corrected chi connectivity index (χ1v) is 7.62. The highest BCUT2D eigenvalue weighted by molar-refractivity contribution is 6.00. The molecule has 0 aliphatic heterocycles. The van der Waals surface area contributed by atoms with Gasteiger partial charge in [0.2, 0.25) is 0 Å². The maximum absolute atomic E-state index is 7.83. The van der Waals surface area contributed by atoms with Crippen molar-refractivity contribution < 1.29 is 0 Å². The molecule has 3 nitrogen and oxygen atoms in total. The average molecular weight is 275 g/mol. The van der Waals surface area contributed by atoms with E-state index in [-0.39, 0.29) is 5.84 Å². The van der Waals surface area contributed by atoms with E-state index in [0.717, 1.165) is 30.6 Å². The normalized spacial score (nSPS) is 11.2. The summed E-state index contributed by atoms with van der Waals surface area (Å²) in [5.74, 6) is 0.732. The van der Waals surface area contributed by atoms with Crippen LogP contribution in [-0.4, -0.2) is 18.4 Å². The number of nitrogen functional groups attached to an aromatic ring is 1. The van der Waals surface area contributed by atoms with Crippen LogP contribution in [0.25, 0.3) is 0 Å². The van der Waals surface area contributed by atoms with Gasteiger partial charge in [0.05, 0.1) is 0 Å². The first-order valence-electron chi connectivity index (χ1n) is 7.62. The van der Waals surface area contributed by atoms with Crippen LogP contribution in [0.2, 0.25) is 0 Å². The molecule has 0 aliphatic rings. The number of hydrogen-bond acceptors (Lipinski definition) is 2. The molecule has 0 aromatic heterocycles. The number of nitrogens with one attached hydrogen (secondary N) is 1. The second-order valence-electron chi connectivity index (χ2n) is 5.95. The molecule has 20 heavy (non-hydrogen) atoms. The summed E-state index contributed by atoms with van der Waals surface area (Å²) < 4.78 is 0. The average Bonchev–Trinajstić information content (AvgIpc) is 2.38. The predicted molar refractivity (Wildman–Crippen MR) is 88.7 cm³/mol. The molecule has 0 fully saturated rings. The summed E-state index contributed by atoms with van der Waals surface area (Å²) in [6, 6.07) is 6.66. The van der Waals surface area contributed by atoms with E-state index in [2.05, 4.69) is 45.6 Å². The molecule has 0 aliphatic carbocycles. The molecule has 0 heterocycles. The molecule has 1 aromatic carbocycles. The van der Waals surface area contributed by atoms with Gasteiger partial charge >= 0.3 is 0 Å². The van der Waals surface area contributed by atoms with Gasteiger partial charge in [-0.1, -0.05) is 33.8 Å². The lowest BCUT2D eigenvalue weighted by molar-refractivity contribution is 0.507. The Morgan fingerprint density at radius 1 is 1.25 bits per heavy atom. The highest BCUT2D eigenvalue weighted by Crippen LogP contribution is 2.27. The monoisotopic (exact) mass is 275 g/mol. The van der Waals surface area contributed by atoms with E-state index >= 15 is 0 Å². The van der Waals surface area contributed by atoms with Crippen molar-refractivity contribution in [3.63, 3.8) is 0 Å². The van der Waals surface area contributed by atoms with Crippen LogP contribution in [0.4, 0.5) is 5.69 Å². The lowest BCUT2D eigenvalue weighted by atomic mass is 10.0. The lowest BCUT2D eigenvalue weighted by Gasteiger charge is -2.35. The van der Waals surface area contributed by atoms with Crippen LogP contribution in [0.1, 0.15) is 51.7 Å². The van der Waals surface area contributed by atoms with Gasteiger partial charge in [0.15, 0.2) is 0 Å². The molecular formula is C17H29N3. The quantitative estimate of drug-likeness (QED) is 0.585. The first kappa shape index (κ1) is 16.5. The van der Waals surface area contributed by atoms with Crippen molar-refractivity contribution in [1.82, 2.24) is 0 Å². The highest BCUT2D eigenvalue weighted by Gasteiger charge is 2.20. The minimum Gasteiger partial charge on any atom is -0.384 e. The summed E-state index contributed by atoms with van der Waals surface area (Å²) >= 11 is 0. The third kappa shape index (κ3) is 3.99. The van der Waals surface area contributed by atoms with Crippen molar-refractivity contribution in [2.24, 2.45) is 11.7 Å². The molecule has 0 spiro atoms. The molecule has 0 unspecified atom stereocenters. The van der Waals surface area contributed by atoms with Crippen molar-refractivity contribution in [2.45, 2.75) is 53.5 Å². The molecule has 1 aromatic rings. The molecule has 3 N–H and O–H groups in total. The molecular weight excluding hydrogens is 246 g/mol. The van der Waals surface area contributed by atoms with Crippen molar-refractivity contribution in [1.29, 1.82) is 5.41 Å².